The number of halogens is 1. The third-order valence-corrected chi connectivity index (χ3v) is 4.08. The van der Waals surface area contributed by atoms with Crippen molar-refractivity contribution in [1.82, 2.24) is 0 Å². The minimum Gasteiger partial charge on any atom is -0.494 e. The maximum atomic E-state index is 6.45. The normalized spacial score (nSPS) is 12.2. The highest BCUT2D eigenvalue weighted by Gasteiger charge is 2.15. The van der Waals surface area contributed by atoms with Gasteiger partial charge in [-0.05, 0) is 42.2 Å². The Kier molecular flexibility index (Phi) is 5.21. The van der Waals surface area contributed by atoms with E-state index in [2.05, 4.69) is 41.1 Å². The van der Waals surface area contributed by atoms with Crippen LogP contribution in [0.3, 0.4) is 0 Å². The molecule has 2 rings (SSSR count). The Balaban J connectivity index is 2.35. The van der Waals surface area contributed by atoms with Gasteiger partial charge < -0.3 is 10.5 Å². The van der Waals surface area contributed by atoms with Crippen LogP contribution in [0.5, 0.6) is 5.75 Å². The molecule has 1 atom stereocenters. The standard InChI is InChI=1S/C17H20BrNO/c1-3-12-7-5-6-8-14(12)17(19)15-10-9-13(20-4-2)11-16(15)18/h5-11,17H,3-4,19H2,1-2H3. The third-order valence-electron chi connectivity index (χ3n) is 3.39. The van der Waals surface area contributed by atoms with Gasteiger partial charge in [0.2, 0.25) is 0 Å². The first-order valence-electron chi connectivity index (χ1n) is 6.93. The van der Waals surface area contributed by atoms with Crippen molar-refractivity contribution in [2.45, 2.75) is 26.3 Å². The molecule has 20 heavy (non-hydrogen) atoms. The van der Waals surface area contributed by atoms with Crippen molar-refractivity contribution >= 4 is 15.9 Å². The monoisotopic (exact) mass is 333 g/mol. The molecule has 2 N–H and O–H groups in total. The molecule has 2 aromatic rings. The van der Waals surface area contributed by atoms with Crippen LogP contribution in [0.2, 0.25) is 0 Å². The Morgan fingerprint density at radius 3 is 2.50 bits per heavy atom. The molecule has 0 aliphatic carbocycles. The molecule has 0 heterocycles. The van der Waals surface area contributed by atoms with E-state index in [1.54, 1.807) is 0 Å². The van der Waals surface area contributed by atoms with Crippen LogP contribution in [-0.4, -0.2) is 6.61 Å². The second kappa shape index (κ2) is 6.91. The summed E-state index contributed by atoms with van der Waals surface area (Å²) in [6, 6.07) is 14.2. The van der Waals surface area contributed by atoms with E-state index >= 15 is 0 Å². The summed E-state index contributed by atoms with van der Waals surface area (Å²) in [6.45, 7) is 4.79. The van der Waals surface area contributed by atoms with Crippen LogP contribution in [0.25, 0.3) is 0 Å². The minimum absolute atomic E-state index is 0.129. The van der Waals surface area contributed by atoms with Gasteiger partial charge >= 0.3 is 0 Å². The van der Waals surface area contributed by atoms with Gasteiger partial charge in [-0.1, -0.05) is 53.2 Å². The van der Waals surface area contributed by atoms with E-state index in [0.29, 0.717) is 6.61 Å². The Bertz CT molecular complexity index is 583. The molecular formula is C17H20BrNO. The van der Waals surface area contributed by atoms with Gasteiger partial charge in [-0.15, -0.1) is 0 Å². The highest BCUT2D eigenvalue weighted by atomic mass is 79.9. The first-order chi connectivity index (χ1) is 9.67. The minimum atomic E-state index is -0.129. The second-order valence-electron chi connectivity index (χ2n) is 4.65. The molecule has 0 bridgehead atoms. The zero-order valence-electron chi connectivity index (χ0n) is 11.9. The van der Waals surface area contributed by atoms with E-state index in [9.17, 15) is 0 Å². The van der Waals surface area contributed by atoms with E-state index in [1.165, 1.54) is 11.1 Å². The molecule has 1 unspecified atom stereocenters. The number of aryl methyl sites for hydroxylation is 1. The topological polar surface area (TPSA) is 35.2 Å². The van der Waals surface area contributed by atoms with Crippen LogP contribution in [0.4, 0.5) is 0 Å². The summed E-state index contributed by atoms with van der Waals surface area (Å²) in [5, 5.41) is 0. The van der Waals surface area contributed by atoms with Gasteiger partial charge in [0.05, 0.1) is 12.6 Å². The largest absolute Gasteiger partial charge is 0.494 e. The molecule has 0 aromatic heterocycles. The fourth-order valence-corrected chi connectivity index (χ4v) is 2.95. The number of hydrogen-bond acceptors (Lipinski definition) is 2. The van der Waals surface area contributed by atoms with Gasteiger partial charge in [0, 0.05) is 4.47 Å². The molecule has 0 aliphatic rings. The van der Waals surface area contributed by atoms with Gasteiger partial charge in [-0.2, -0.15) is 0 Å². The zero-order chi connectivity index (χ0) is 14.5. The Hall–Kier alpha value is -1.32. The third kappa shape index (κ3) is 3.22. The highest BCUT2D eigenvalue weighted by Crippen LogP contribution is 2.31. The van der Waals surface area contributed by atoms with Crippen LogP contribution >= 0.6 is 15.9 Å². The maximum absolute atomic E-state index is 6.45. The lowest BCUT2D eigenvalue weighted by atomic mass is 9.94. The first-order valence-corrected chi connectivity index (χ1v) is 7.72. The van der Waals surface area contributed by atoms with Gasteiger partial charge in [-0.3, -0.25) is 0 Å². The zero-order valence-corrected chi connectivity index (χ0v) is 13.5. The predicted molar refractivity (Wildman–Crippen MR) is 87.2 cm³/mol. The van der Waals surface area contributed by atoms with Crippen LogP contribution in [0.15, 0.2) is 46.9 Å². The van der Waals surface area contributed by atoms with Crippen LogP contribution < -0.4 is 10.5 Å². The summed E-state index contributed by atoms with van der Waals surface area (Å²) in [4.78, 5) is 0. The molecule has 3 heteroatoms. The van der Waals surface area contributed by atoms with Crippen LogP contribution in [0, 0.1) is 0 Å². The molecule has 0 saturated carbocycles. The van der Waals surface area contributed by atoms with Crippen molar-refractivity contribution in [2.24, 2.45) is 5.73 Å². The van der Waals surface area contributed by atoms with Crippen molar-refractivity contribution < 1.29 is 4.74 Å². The molecule has 106 valence electrons. The molecule has 0 amide bonds. The molecule has 2 aromatic carbocycles. The van der Waals surface area contributed by atoms with Crippen molar-refractivity contribution in [3.05, 3.63) is 63.6 Å². The van der Waals surface area contributed by atoms with Crippen molar-refractivity contribution in [1.29, 1.82) is 0 Å². The van der Waals surface area contributed by atoms with Crippen molar-refractivity contribution in [3.63, 3.8) is 0 Å². The van der Waals surface area contributed by atoms with E-state index in [1.807, 2.05) is 31.2 Å². The lowest BCUT2D eigenvalue weighted by Crippen LogP contribution is -2.14. The first kappa shape index (κ1) is 15.1. The van der Waals surface area contributed by atoms with E-state index in [-0.39, 0.29) is 6.04 Å². The highest BCUT2D eigenvalue weighted by molar-refractivity contribution is 9.10. The Morgan fingerprint density at radius 2 is 1.85 bits per heavy atom. The fourth-order valence-electron chi connectivity index (χ4n) is 2.34. The molecule has 0 fully saturated rings. The lowest BCUT2D eigenvalue weighted by Gasteiger charge is -2.18. The number of nitrogens with two attached hydrogens (primary N) is 1. The summed E-state index contributed by atoms with van der Waals surface area (Å²) in [6.07, 6.45) is 0.985. The average Bonchev–Trinajstić information content (AvgIpc) is 2.47. The van der Waals surface area contributed by atoms with Crippen molar-refractivity contribution in [3.8, 4) is 5.75 Å². The SMILES string of the molecule is CCOc1ccc(C(N)c2ccccc2CC)c(Br)c1. The van der Waals surface area contributed by atoms with Gasteiger partial charge in [0.25, 0.3) is 0 Å². The van der Waals surface area contributed by atoms with Gasteiger partial charge in [0.15, 0.2) is 0 Å². The fraction of sp³-hybridized carbons (Fsp3) is 0.294. The van der Waals surface area contributed by atoms with E-state index < -0.39 is 0 Å². The average molecular weight is 334 g/mol. The number of rotatable bonds is 5. The number of hydrogen-bond donors (Lipinski definition) is 1. The molecular weight excluding hydrogens is 314 g/mol. The van der Waals surface area contributed by atoms with Crippen LogP contribution in [0.1, 0.15) is 36.6 Å². The summed E-state index contributed by atoms with van der Waals surface area (Å²) in [5.74, 6) is 0.860. The van der Waals surface area contributed by atoms with Crippen LogP contribution in [-0.2, 0) is 6.42 Å². The second-order valence-corrected chi connectivity index (χ2v) is 5.50. The molecule has 0 radical (unpaired) electrons. The summed E-state index contributed by atoms with van der Waals surface area (Å²) in [7, 11) is 0. The Labute approximate surface area is 129 Å². The smallest absolute Gasteiger partial charge is 0.120 e. The molecule has 0 saturated heterocycles. The Morgan fingerprint density at radius 1 is 1.10 bits per heavy atom. The molecule has 0 spiro atoms. The number of ether oxygens (including phenoxy) is 1. The number of benzene rings is 2. The summed E-state index contributed by atoms with van der Waals surface area (Å²) in [5.41, 5.74) is 10.00. The van der Waals surface area contributed by atoms with Crippen molar-refractivity contribution in [2.75, 3.05) is 6.61 Å². The van der Waals surface area contributed by atoms with Gasteiger partial charge in [-0.25, -0.2) is 0 Å². The quantitative estimate of drug-likeness (QED) is 0.876. The van der Waals surface area contributed by atoms with E-state index in [0.717, 1.165) is 22.2 Å². The van der Waals surface area contributed by atoms with Gasteiger partial charge in [0.1, 0.15) is 5.75 Å². The van der Waals surface area contributed by atoms with E-state index in [4.69, 9.17) is 10.5 Å². The molecule has 0 aliphatic heterocycles. The summed E-state index contributed by atoms with van der Waals surface area (Å²) >= 11 is 3.60. The summed E-state index contributed by atoms with van der Waals surface area (Å²) < 4.78 is 6.49. The predicted octanol–water partition coefficient (Wildman–Crippen LogP) is 4.46. The molecule has 2 nitrogen and oxygen atoms in total. The maximum Gasteiger partial charge on any atom is 0.120 e. The lowest BCUT2D eigenvalue weighted by molar-refractivity contribution is 0.340.